The number of aryl methyl sites for hydroxylation is 2. The first-order chi connectivity index (χ1) is 11.0. The van der Waals surface area contributed by atoms with Crippen LogP contribution in [0.1, 0.15) is 29.0 Å². The van der Waals surface area contributed by atoms with E-state index in [9.17, 15) is 9.90 Å². The molecular formula is C14H16N6O3. The van der Waals surface area contributed by atoms with Gasteiger partial charge in [-0.15, -0.1) is 0 Å². The summed E-state index contributed by atoms with van der Waals surface area (Å²) in [4.78, 5) is 20.4. The quantitative estimate of drug-likeness (QED) is 0.719. The van der Waals surface area contributed by atoms with Crippen molar-refractivity contribution in [3.63, 3.8) is 0 Å². The molecule has 2 N–H and O–H groups in total. The third kappa shape index (κ3) is 2.90. The van der Waals surface area contributed by atoms with Gasteiger partial charge in [-0.25, -0.2) is 9.50 Å². The molecule has 0 saturated carbocycles. The number of fused-ring (bicyclic) bond motifs is 1. The Hall–Kier alpha value is -2.81. The number of hydrogen-bond donors (Lipinski definition) is 2. The van der Waals surface area contributed by atoms with E-state index >= 15 is 0 Å². The predicted octanol–water partition coefficient (Wildman–Crippen LogP) is 0.507. The van der Waals surface area contributed by atoms with Gasteiger partial charge >= 0.3 is 11.8 Å². The highest BCUT2D eigenvalue weighted by molar-refractivity contribution is 5.90. The predicted molar refractivity (Wildman–Crippen MR) is 79.8 cm³/mol. The maximum Gasteiger partial charge on any atom is 0.316 e. The summed E-state index contributed by atoms with van der Waals surface area (Å²) < 4.78 is 6.64. The Kier molecular flexibility index (Phi) is 3.78. The molecule has 0 aliphatic heterocycles. The summed E-state index contributed by atoms with van der Waals surface area (Å²) >= 11 is 0. The summed E-state index contributed by atoms with van der Waals surface area (Å²) in [5.74, 6) is -0.481. The number of rotatable bonds is 4. The van der Waals surface area contributed by atoms with E-state index < -0.39 is 12.0 Å². The van der Waals surface area contributed by atoms with Crippen molar-refractivity contribution in [2.75, 3.05) is 6.54 Å². The van der Waals surface area contributed by atoms with E-state index in [2.05, 4.69) is 25.5 Å². The van der Waals surface area contributed by atoms with Crippen molar-refractivity contribution in [2.45, 2.75) is 26.9 Å². The summed E-state index contributed by atoms with van der Waals surface area (Å²) in [6.45, 7) is 5.47. The van der Waals surface area contributed by atoms with Crippen molar-refractivity contribution in [3.05, 3.63) is 29.5 Å². The zero-order valence-corrected chi connectivity index (χ0v) is 12.9. The summed E-state index contributed by atoms with van der Waals surface area (Å²) in [5.41, 5.74) is 2.95. The second kappa shape index (κ2) is 5.76. The number of aromatic nitrogens is 5. The van der Waals surface area contributed by atoms with Gasteiger partial charge in [0, 0.05) is 17.9 Å². The molecule has 0 saturated heterocycles. The molecule has 0 unspecified atom stereocenters. The molecule has 1 amide bonds. The van der Waals surface area contributed by atoms with E-state index in [0.717, 1.165) is 11.4 Å². The minimum Gasteiger partial charge on any atom is -0.392 e. The maximum atomic E-state index is 11.8. The number of hydrogen-bond acceptors (Lipinski definition) is 7. The Morgan fingerprint density at radius 3 is 2.96 bits per heavy atom. The highest BCUT2D eigenvalue weighted by Crippen LogP contribution is 2.21. The fourth-order valence-electron chi connectivity index (χ4n) is 2.17. The molecule has 9 heteroatoms. The third-order valence-corrected chi connectivity index (χ3v) is 3.20. The van der Waals surface area contributed by atoms with Crippen molar-refractivity contribution < 1.29 is 14.4 Å². The number of nitrogens with zero attached hydrogens (tertiary/aromatic N) is 5. The summed E-state index contributed by atoms with van der Waals surface area (Å²) in [6, 6.07) is 1.91. The smallest absolute Gasteiger partial charge is 0.316 e. The van der Waals surface area contributed by atoms with Crippen molar-refractivity contribution in [1.82, 2.24) is 30.1 Å². The first-order valence-corrected chi connectivity index (χ1v) is 7.08. The maximum absolute atomic E-state index is 11.8. The third-order valence-electron chi connectivity index (χ3n) is 3.20. The molecular weight excluding hydrogens is 300 g/mol. The lowest BCUT2D eigenvalue weighted by Crippen LogP contribution is -2.30. The van der Waals surface area contributed by atoms with Gasteiger partial charge in [0.25, 0.3) is 0 Å². The van der Waals surface area contributed by atoms with Crippen LogP contribution < -0.4 is 5.32 Å². The van der Waals surface area contributed by atoms with Crippen molar-refractivity contribution in [3.8, 4) is 11.4 Å². The van der Waals surface area contributed by atoms with Gasteiger partial charge in [0.05, 0.1) is 17.9 Å². The topological polar surface area (TPSA) is 118 Å². The lowest BCUT2D eigenvalue weighted by molar-refractivity contribution is 0.0880. The Morgan fingerprint density at radius 1 is 1.43 bits per heavy atom. The monoisotopic (exact) mass is 316 g/mol. The van der Waals surface area contributed by atoms with Gasteiger partial charge in [-0.05, 0) is 26.8 Å². The average molecular weight is 316 g/mol. The minimum atomic E-state index is -0.656. The molecule has 0 aliphatic rings. The molecule has 0 aromatic carbocycles. The van der Waals surface area contributed by atoms with Gasteiger partial charge in [-0.1, -0.05) is 5.16 Å². The molecule has 3 aromatic heterocycles. The molecule has 0 fully saturated rings. The number of aliphatic hydroxyl groups excluding tert-OH is 1. The number of aliphatic hydroxyl groups is 1. The standard InChI is InChI=1S/C14H16N6O3/c1-7-4-8(2)20-12(17-7)10(6-16-20)11-18-14(23-19-11)13(22)15-5-9(3)21/h4,6,9,21H,5H2,1-3H3,(H,15,22)/t9-/m1/s1. The zero-order valence-electron chi connectivity index (χ0n) is 12.9. The molecule has 1 atom stereocenters. The van der Waals surface area contributed by atoms with Gasteiger partial charge in [-0.3, -0.25) is 4.79 Å². The number of nitrogens with one attached hydrogen (secondary N) is 1. The summed E-state index contributed by atoms with van der Waals surface area (Å²) in [5, 5.41) is 19.7. The van der Waals surface area contributed by atoms with Gasteiger partial charge in [0.1, 0.15) is 0 Å². The van der Waals surface area contributed by atoms with E-state index in [-0.39, 0.29) is 18.3 Å². The Bertz CT molecular complexity index is 867. The van der Waals surface area contributed by atoms with E-state index in [1.165, 1.54) is 0 Å². The van der Waals surface area contributed by atoms with E-state index in [4.69, 9.17) is 4.52 Å². The minimum absolute atomic E-state index is 0.104. The molecule has 3 aromatic rings. The molecule has 3 rings (SSSR count). The average Bonchev–Trinajstić information content (AvgIpc) is 3.10. The van der Waals surface area contributed by atoms with Gasteiger partial charge in [0.15, 0.2) is 5.65 Å². The van der Waals surface area contributed by atoms with Crippen LogP contribution in [0.15, 0.2) is 16.8 Å². The second-order valence-electron chi connectivity index (χ2n) is 5.31. The molecule has 3 heterocycles. The normalized spacial score (nSPS) is 12.5. The Labute approximate surface area is 131 Å². The Morgan fingerprint density at radius 2 is 2.22 bits per heavy atom. The van der Waals surface area contributed by atoms with Crippen LogP contribution in [0.3, 0.4) is 0 Å². The van der Waals surface area contributed by atoms with E-state index in [1.807, 2.05) is 19.9 Å². The summed E-state index contributed by atoms with van der Waals surface area (Å²) in [7, 11) is 0. The van der Waals surface area contributed by atoms with Gasteiger partial charge < -0.3 is 14.9 Å². The molecule has 23 heavy (non-hydrogen) atoms. The van der Waals surface area contributed by atoms with Crippen LogP contribution in [-0.4, -0.2) is 48.4 Å². The molecule has 0 radical (unpaired) electrons. The van der Waals surface area contributed by atoms with Crippen LogP contribution in [0.25, 0.3) is 17.0 Å². The van der Waals surface area contributed by atoms with E-state index in [1.54, 1.807) is 17.6 Å². The van der Waals surface area contributed by atoms with Crippen molar-refractivity contribution >= 4 is 11.6 Å². The van der Waals surface area contributed by atoms with Crippen molar-refractivity contribution in [1.29, 1.82) is 0 Å². The largest absolute Gasteiger partial charge is 0.392 e. The van der Waals surface area contributed by atoms with Crippen LogP contribution in [-0.2, 0) is 0 Å². The van der Waals surface area contributed by atoms with E-state index in [0.29, 0.717) is 11.2 Å². The molecule has 0 bridgehead atoms. The lowest BCUT2D eigenvalue weighted by atomic mass is 10.3. The van der Waals surface area contributed by atoms with Crippen LogP contribution in [0.5, 0.6) is 0 Å². The van der Waals surface area contributed by atoms with Crippen LogP contribution in [0.4, 0.5) is 0 Å². The number of carbonyl (C=O) groups is 1. The molecule has 120 valence electrons. The van der Waals surface area contributed by atoms with Gasteiger partial charge in [-0.2, -0.15) is 10.1 Å². The molecule has 9 nitrogen and oxygen atoms in total. The second-order valence-corrected chi connectivity index (χ2v) is 5.31. The Balaban J connectivity index is 1.93. The number of carbonyl (C=O) groups excluding carboxylic acids is 1. The zero-order chi connectivity index (χ0) is 16.6. The highest BCUT2D eigenvalue weighted by atomic mass is 16.5. The number of amides is 1. The first-order valence-electron chi connectivity index (χ1n) is 7.08. The van der Waals surface area contributed by atoms with Crippen LogP contribution in [0.2, 0.25) is 0 Å². The molecule has 0 spiro atoms. The molecule has 0 aliphatic carbocycles. The lowest BCUT2D eigenvalue weighted by Gasteiger charge is -2.03. The van der Waals surface area contributed by atoms with Crippen molar-refractivity contribution in [2.24, 2.45) is 0 Å². The fourth-order valence-corrected chi connectivity index (χ4v) is 2.17. The fraction of sp³-hybridized carbons (Fsp3) is 0.357. The first kappa shape index (κ1) is 15.1. The SMILES string of the molecule is Cc1cc(C)n2ncc(-c3noc(C(=O)NC[C@@H](C)O)n3)c2n1. The van der Waals surface area contributed by atoms with Crippen LogP contribution in [0, 0.1) is 13.8 Å². The van der Waals surface area contributed by atoms with Crippen LogP contribution >= 0.6 is 0 Å². The summed E-state index contributed by atoms with van der Waals surface area (Å²) in [6.07, 6.45) is 0.924. The van der Waals surface area contributed by atoms with Gasteiger partial charge in [0.2, 0.25) is 5.82 Å². The highest BCUT2D eigenvalue weighted by Gasteiger charge is 2.19.